The van der Waals surface area contributed by atoms with Crippen molar-refractivity contribution in [3.8, 4) is 0 Å². The topological polar surface area (TPSA) is 26.3 Å². The molecule has 1 unspecified atom stereocenters. The van der Waals surface area contributed by atoms with Crippen molar-refractivity contribution in [3.63, 3.8) is 0 Å². The van der Waals surface area contributed by atoms with Gasteiger partial charge in [-0.3, -0.25) is 4.79 Å². The van der Waals surface area contributed by atoms with Gasteiger partial charge in [0.05, 0.1) is 5.41 Å². The summed E-state index contributed by atoms with van der Waals surface area (Å²) in [6.07, 6.45) is 0.717. The lowest BCUT2D eigenvalue weighted by Crippen LogP contribution is -2.16. The van der Waals surface area contributed by atoms with Crippen molar-refractivity contribution in [2.24, 2.45) is 5.41 Å². The number of carbonyl (C=O) groups is 1. The summed E-state index contributed by atoms with van der Waals surface area (Å²) in [6, 6.07) is 9.90. The van der Waals surface area contributed by atoms with E-state index in [9.17, 15) is 4.79 Å². The van der Waals surface area contributed by atoms with Gasteiger partial charge in [0.25, 0.3) is 0 Å². The molecule has 1 heterocycles. The molecule has 1 aliphatic rings. The quantitative estimate of drug-likeness (QED) is 0.636. The summed E-state index contributed by atoms with van der Waals surface area (Å²) in [7, 11) is 0. The zero-order valence-corrected chi connectivity index (χ0v) is 8.49. The lowest BCUT2D eigenvalue weighted by molar-refractivity contribution is -0.147. The summed E-state index contributed by atoms with van der Waals surface area (Å²) in [4.78, 5) is 11.5. The molecule has 1 atom stereocenters. The Bertz CT molecular complexity index is 341. The molecule has 0 amide bonds. The van der Waals surface area contributed by atoms with Crippen LogP contribution in [0.4, 0.5) is 0 Å². The van der Waals surface area contributed by atoms with Gasteiger partial charge in [0, 0.05) is 6.42 Å². The fourth-order valence-corrected chi connectivity index (χ4v) is 1.73. The normalized spacial score (nSPS) is 24.7. The predicted octanol–water partition coefficient (Wildman–Crippen LogP) is 2.70. The molecule has 74 valence electrons. The van der Waals surface area contributed by atoms with Crippen LogP contribution >= 0.6 is 0 Å². The molecule has 0 saturated carbocycles. The second-order valence-electron chi connectivity index (χ2n) is 4.39. The number of rotatable bonds is 1. The van der Waals surface area contributed by atoms with E-state index < -0.39 is 0 Å². The van der Waals surface area contributed by atoms with E-state index in [0.717, 1.165) is 12.0 Å². The van der Waals surface area contributed by atoms with Gasteiger partial charge in [0.1, 0.15) is 6.10 Å². The Hall–Kier alpha value is -1.31. The molecule has 1 aromatic carbocycles. The second-order valence-corrected chi connectivity index (χ2v) is 4.39. The fourth-order valence-electron chi connectivity index (χ4n) is 1.73. The van der Waals surface area contributed by atoms with Gasteiger partial charge in [-0.1, -0.05) is 30.3 Å². The predicted molar refractivity (Wildman–Crippen MR) is 53.7 cm³/mol. The van der Waals surface area contributed by atoms with Gasteiger partial charge >= 0.3 is 5.97 Å². The zero-order chi connectivity index (χ0) is 10.2. The lowest BCUT2D eigenvalue weighted by Gasteiger charge is -2.10. The smallest absolute Gasteiger partial charge is 0.312 e. The van der Waals surface area contributed by atoms with Crippen LogP contribution in [0.5, 0.6) is 0 Å². The fraction of sp³-hybridized carbons (Fsp3) is 0.417. The van der Waals surface area contributed by atoms with E-state index in [-0.39, 0.29) is 17.5 Å². The third-order valence-corrected chi connectivity index (χ3v) is 2.67. The van der Waals surface area contributed by atoms with Crippen molar-refractivity contribution < 1.29 is 9.53 Å². The van der Waals surface area contributed by atoms with E-state index in [1.54, 1.807) is 0 Å². The largest absolute Gasteiger partial charge is 0.457 e. The minimum absolute atomic E-state index is 0.0568. The molecule has 0 radical (unpaired) electrons. The maximum Gasteiger partial charge on any atom is 0.312 e. The van der Waals surface area contributed by atoms with Crippen LogP contribution in [-0.2, 0) is 9.53 Å². The van der Waals surface area contributed by atoms with Crippen LogP contribution in [0.2, 0.25) is 0 Å². The second kappa shape index (κ2) is 3.12. The van der Waals surface area contributed by atoms with Crippen molar-refractivity contribution >= 4 is 5.97 Å². The highest BCUT2D eigenvalue weighted by molar-refractivity contribution is 5.78. The average Bonchev–Trinajstić information content (AvgIpc) is 2.43. The lowest BCUT2D eigenvalue weighted by atomic mass is 9.88. The Morgan fingerprint density at radius 2 is 1.93 bits per heavy atom. The molecule has 1 aromatic rings. The Balaban J connectivity index is 2.21. The van der Waals surface area contributed by atoms with Gasteiger partial charge < -0.3 is 4.74 Å². The van der Waals surface area contributed by atoms with E-state index in [4.69, 9.17) is 4.74 Å². The van der Waals surface area contributed by atoms with E-state index >= 15 is 0 Å². The number of carbonyl (C=O) groups excluding carboxylic acids is 1. The van der Waals surface area contributed by atoms with Gasteiger partial charge in [-0.15, -0.1) is 0 Å². The van der Waals surface area contributed by atoms with Gasteiger partial charge in [-0.25, -0.2) is 0 Å². The molecule has 0 N–H and O–H groups in total. The molecule has 2 rings (SSSR count). The summed E-state index contributed by atoms with van der Waals surface area (Å²) < 4.78 is 5.32. The number of cyclic esters (lactones) is 1. The average molecular weight is 190 g/mol. The Morgan fingerprint density at radius 3 is 2.43 bits per heavy atom. The SMILES string of the molecule is CC1(C)CC(c2ccccc2)OC1=O. The molecule has 0 aromatic heterocycles. The maximum atomic E-state index is 11.5. The first-order valence-corrected chi connectivity index (χ1v) is 4.86. The van der Waals surface area contributed by atoms with E-state index in [0.29, 0.717) is 0 Å². The van der Waals surface area contributed by atoms with Gasteiger partial charge in [-0.2, -0.15) is 0 Å². The molecule has 14 heavy (non-hydrogen) atoms. The highest BCUT2D eigenvalue weighted by Crippen LogP contribution is 2.40. The third-order valence-electron chi connectivity index (χ3n) is 2.67. The third kappa shape index (κ3) is 1.52. The number of benzene rings is 1. The van der Waals surface area contributed by atoms with Crippen LogP contribution < -0.4 is 0 Å². The van der Waals surface area contributed by atoms with Crippen LogP contribution in [0, 0.1) is 5.41 Å². The van der Waals surface area contributed by atoms with Crippen LogP contribution in [0.1, 0.15) is 31.9 Å². The van der Waals surface area contributed by atoms with E-state index in [1.165, 1.54) is 0 Å². The van der Waals surface area contributed by atoms with Crippen molar-refractivity contribution in [1.29, 1.82) is 0 Å². The van der Waals surface area contributed by atoms with Gasteiger partial charge in [-0.05, 0) is 19.4 Å². The Labute approximate surface area is 83.9 Å². The maximum absolute atomic E-state index is 11.5. The first kappa shape index (κ1) is 9.25. The number of hydrogen-bond donors (Lipinski definition) is 0. The van der Waals surface area contributed by atoms with Crippen LogP contribution in [0.3, 0.4) is 0 Å². The van der Waals surface area contributed by atoms with Crippen molar-refractivity contribution in [3.05, 3.63) is 35.9 Å². The van der Waals surface area contributed by atoms with E-state index in [2.05, 4.69) is 0 Å². The number of hydrogen-bond acceptors (Lipinski definition) is 2. The molecular formula is C12H14O2. The standard InChI is InChI=1S/C12H14O2/c1-12(2)8-10(14-11(12)13)9-6-4-3-5-7-9/h3-7,10H,8H2,1-2H3. The van der Waals surface area contributed by atoms with Crippen LogP contribution in [0.25, 0.3) is 0 Å². The van der Waals surface area contributed by atoms with Crippen molar-refractivity contribution in [2.75, 3.05) is 0 Å². The van der Waals surface area contributed by atoms with E-state index in [1.807, 2.05) is 44.2 Å². The summed E-state index contributed by atoms with van der Waals surface area (Å²) in [5, 5.41) is 0. The first-order valence-electron chi connectivity index (χ1n) is 4.86. The first-order chi connectivity index (χ1) is 6.59. The molecule has 1 saturated heterocycles. The number of ether oxygens (including phenoxy) is 1. The summed E-state index contributed by atoms with van der Waals surface area (Å²) in [6.45, 7) is 3.86. The Morgan fingerprint density at radius 1 is 1.29 bits per heavy atom. The summed E-state index contributed by atoms with van der Waals surface area (Å²) >= 11 is 0. The van der Waals surface area contributed by atoms with Crippen LogP contribution in [-0.4, -0.2) is 5.97 Å². The Kier molecular flexibility index (Phi) is 2.06. The minimum Gasteiger partial charge on any atom is -0.457 e. The monoisotopic (exact) mass is 190 g/mol. The van der Waals surface area contributed by atoms with Crippen LogP contribution in [0.15, 0.2) is 30.3 Å². The van der Waals surface area contributed by atoms with Gasteiger partial charge in [0.2, 0.25) is 0 Å². The van der Waals surface area contributed by atoms with Crippen molar-refractivity contribution in [1.82, 2.24) is 0 Å². The molecule has 2 heteroatoms. The summed E-state index contributed by atoms with van der Waals surface area (Å²) in [5.41, 5.74) is 0.756. The minimum atomic E-state index is -0.333. The highest BCUT2D eigenvalue weighted by Gasteiger charge is 2.41. The molecule has 0 aliphatic carbocycles. The van der Waals surface area contributed by atoms with Crippen molar-refractivity contribution in [2.45, 2.75) is 26.4 Å². The molecule has 0 bridgehead atoms. The molecule has 1 aliphatic heterocycles. The summed E-state index contributed by atoms with van der Waals surface area (Å²) in [5.74, 6) is -0.0913. The zero-order valence-electron chi connectivity index (χ0n) is 8.49. The number of esters is 1. The molecular weight excluding hydrogens is 176 g/mol. The highest BCUT2D eigenvalue weighted by atomic mass is 16.6. The van der Waals surface area contributed by atoms with Gasteiger partial charge in [0.15, 0.2) is 0 Å². The molecule has 1 fully saturated rings. The molecule has 0 spiro atoms. The molecule has 2 nitrogen and oxygen atoms in total.